The van der Waals surface area contributed by atoms with Crippen molar-refractivity contribution in [3.63, 3.8) is 0 Å². The largest absolute Gasteiger partial charge is 0.453 e. The number of aromatic nitrogens is 2. The summed E-state index contributed by atoms with van der Waals surface area (Å²) in [5, 5.41) is 3.26. The van der Waals surface area contributed by atoms with E-state index in [2.05, 4.69) is 34.2 Å². The van der Waals surface area contributed by atoms with Gasteiger partial charge >= 0.3 is 0 Å². The predicted octanol–water partition coefficient (Wildman–Crippen LogP) is 5.20. The average molecular weight is 296 g/mol. The van der Waals surface area contributed by atoms with Crippen molar-refractivity contribution in [1.29, 1.82) is 0 Å². The van der Waals surface area contributed by atoms with Gasteiger partial charge in [-0.15, -0.1) is 0 Å². The van der Waals surface area contributed by atoms with Gasteiger partial charge in [-0.2, -0.15) is 0 Å². The van der Waals surface area contributed by atoms with Gasteiger partial charge < -0.3 is 4.42 Å². The van der Waals surface area contributed by atoms with Gasteiger partial charge in [-0.1, -0.05) is 30.3 Å². The van der Waals surface area contributed by atoms with Gasteiger partial charge in [0, 0.05) is 34.1 Å². The van der Waals surface area contributed by atoms with E-state index in [0.29, 0.717) is 0 Å². The fourth-order valence-corrected chi connectivity index (χ4v) is 3.12. The molecule has 0 aliphatic carbocycles. The van der Waals surface area contributed by atoms with Crippen molar-refractivity contribution in [1.82, 2.24) is 9.97 Å². The van der Waals surface area contributed by atoms with Crippen LogP contribution < -0.4 is 0 Å². The minimum atomic E-state index is 0.835. The SMILES string of the molecule is c1ccc(-c2cccc3c2oc2c3ccc3cccnc32)nc1. The Labute approximate surface area is 132 Å². The molecule has 2 aromatic carbocycles. The lowest BCUT2D eigenvalue weighted by molar-refractivity contribution is 0.672. The smallest absolute Gasteiger partial charge is 0.161 e. The fraction of sp³-hybridized carbons (Fsp3) is 0. The van der Waals surface area contributed by atoms with Crippen molar-refractivity contribution in [3.05, 3.63) is 73.1 Å². The second kappa shape index (κ2) is 4.65. The molecule has 0 saturated carbocycles. The third-order valence-electron chi connectivity index (χ3n) is 4.18. The van der Waals surface area contributed by atoms with Gasteiger partial charge in [0.05, 0.1) is 5.69 Å². The van der Waals surface area contributed by atoms with Gasteiger partial charge in [-0.3, -0.25) is 9.97 Å². The average Bonchev–Trinajstić information content (AvgIpc) is 3.01. The standard InChI is InChI=1S/C20H12N2O/c1-2-11-21-17(8-1)16-7-3-6-14-15-10-9-13-5-4-12-22-18(13)20(15)23-19(14)16/h1-12H. The number of hydrogen-bond donors (Lipinski definition) is 0. The predicted molar refractivity (Wildman–Crippen MR) is 92.3 cm³/mol. The Morgan fingerprint density at radius 2 is 1.57 bits per heavy atom. The van der Waals surface area contributed by atoms with Gasteiger partial charge in [0.1, 0.15) is 11.1 Å². The lowest BCUT2D eigenvalue weighted by atomic mass is 10.1. The van der Waals surface area contributed by atoms with Crippen molar-refractivity contribution in [2.75, 3.05) is 0 Å². The third-order valence-corrected chi connectivity index (χ3v) is 4.18. The topological polar surface area (TPSA) is 38.9 Å². The number of benzene rings is 2. The number of furan rings is 1. The molecule has 0 fully saturated rings. The number of nitrogens with zero attached hydrogens (tertiary/aromatic N) is 2. The minimum absolute atomic E-state index is 0.835. The highest BCUT2D eigenvalue weighted by Gasteiger charge is 2.14. The summed E-state index contributed by atoms with van der Waals surface area (Å²) in [6.45, 7) is 0. The van der Waals surface area contributed by atoms with Crippen molar-refractivity contribution in [2.24, 2.45) is 0 Å². The Morgan fingerprint density at radius 1 is 0.652 bits per heavy atom. The van der Waals surface area contributed by atoms with Crippen LogP contribution in [0.3, 0.4) is 0 Å². The lowest BCUT2D eigenvalue weighted by Crippen LogP contribution is -1.81. The van der Waals surface area contributed by atoms with Crippen LogP contribution in [0.2, 0.25) is 0 Å². The molecule has 3 heterocycles. The molecule has 3 nitrogen and oxygen atoms in total. The molecule has 0 N–H and O–H groups in total. The van der Waals surface area contributed by atoms with Crippen LogP contribution in [0.4, 0.5) is 0 Å². The first-order valence-electron chi connectivity index (χ1n) is 7.52. The summed E-state index contributed by atoms with van der Waals surface area (Å²) in [5.74, 6) is 0. The van der Waals surface area contributed by atoms with Gasteiger partial charge in [0.2, 0.25) is 0 Å². The van der Waals surface area contributed by atoms with Crippen LogP contribution in [0.5, 0.6) is 0 Å². The van der Waals surface area contributed by atoms with Crippen LogP contribution in [-0.4, -0.2) is 9.97 Å². The Kier molecular flexibility index (Phi) is 2.50. The number of hydrogen-bond acceptors (Lipinski definition) is 3. The minimum Gasteiger partial charge on any atom is -0.453 e. The van der Waals surface area contributed by atoms with E-state index in [-0.39, 0.29) is 0 Å². The Bertz CT molecular complexity index is 1160. The Hall–Kier alpha value is -3.20. The molecule has 0 atom stereocenters. The second-order valence-corrected chi connectivity index (χ2v) is 5.52. The van der Waals surface area contributed by atoms with Crippen LogP contribution in [-0.2, 0) is 0 Å². The molecule has 0 saturated heterocycles. The van der Waals surface area contributed by atoms with E-state index in [1.54, 1.807) is 12.4 Å². The summed E-state index contributed by atoms with van der Waals surface area (Å²) >= 11 is 0. The molecule has 0 spiro atoms. The molecule has 0 amide bonds. The first-order valence-corrected chi connectivity index (χ1v) is 7.52. The highest BCUT2D eigenvalue weighted by molar-refractivity contribution is 6.15. The van der Waals surface area contributed by atoms with Gasteiger partial charge in [0.25, 0.3) is 0 Å². The quantitative estimate of drug-likeness (QED) is 0.427. The molecule has 23 heavy (non-hydrogen) atoms. The zero-order valence-corrected chi connectivity index (χ0v) is 12.2. The first kappa shape index (κ1) is 12.4. The Morgan fingerprint density at radius 3 is 2.48 bits per heavy atom. The second-order valence-electron chi connectivity index (χ2n) is 5.52. The first-order chi connectivity index (χ1) is 11.4. The highest BCUT2D eigenvalue weighted by Crippen LogP contribution is 2.37. The molecule has 5 aromatic rings. The van der Waals surface area contributed by atoms with Gasteiger partial charge in [0.15, 0.2) is 5.58 Å². The Balaban J connectivity index is 1.95. The van der Waals surface area contributed by atoms with Crippen LogP contribution in [0.15, 0.2) is 77.5 Å². The van der Waals surface area contributed by atoms with Crippen LogP contribution >= 0.6 is 0 Å². The molecule has 0 radical (unpaired) electrons. The molecule has 3 heteroatoms. The number of para-hydroxylation sites is 1. The summed E-state index contributed by atoms with van der Waals surface area (Å²) < 4.78 is 6.25. The van der Waals surface area contributed by atoms with E-state index in [4.69, 9.17) is 4.42 Å². The summed E-state index contributed by atoms with van der Waals surface area (Å²) in [4.78, 5) is 8.95. The molecule has 3 aromatic heterocycles. The van der Waals surface area contributed by atoms with E-state index in [1.165, 1.54) is 0 Å². The molecule has 108 valence electrons. The normalized spacial score (nSPS) is 11.5. The molecular formula is C20H12N2O. The number of fused-ring (bicyclic) bond motifs is 5. The summed E-state index contributed by atoms with van der Waals surface area (Å²) in [6.07, 6.45) is 3.60. The molecule has 5 rings (SSSR count). The maximum atomic E-state index is 6.25. The van der Waals surface area contributed by atoms with Gasteiger partial charge in [-0.25, -0.2) is 0 Å². The maximum absolute atomic E-state index is 6.25. The van der Waals surface area contributed by atoms with E-state index in [1.807, 2.05) is 36.4 Å². The number of rotatable bonds is 1. The van der Waals surface area contributed by atoms with Crippen molar-refractivity contribution in [2.45, 2.75) is 0 Å². The zero-order chi connectivity index (χ0) is 15.2. The van der Waals surface area contributed by atoms with E-state index in [9.17, 15) is 0 Å². The summed E-state index contributed by atoms with van der Waals surface area (Å²) in [6, 6.07) is 20.3. The summed E-state index contributed by atoms with van der Waals surface area (Å²) in [7, 11) is 0. The third kappa shape index (κ3) is 1.77. The maximum Gasteiger partial charge on any atom is 0.161 e. The summed E-state index contributed by atoms with van der Waals surface area (Å²) in [5.41, 5.74) is 4.51. The van der Waals surface area contributed by atoms with Gasteiger partial charge in [-0.05, 0) is 30.3 Å². The molecular weight excluding hydrogens is 284 g/mol. The van der Waals surface area contributed by atoms with Crippen LogP contribution in [0.25, 0.3) is 44.1 Å². The lowest BCUT2D eigenvalue weighted by Gasteiger charge is -2.00. The van der Waals surface area contributed by atoms with Crippen molar-refractivity contribution in [3.8, 4) is 11.3 Å². The highest BCUT2D eigenvalue weighted by atomic mass is 16.3. The molecule has 0 aliphatic rings. The van der Waals surface area contributed by atoms with Crippen molar-refractivity contribution >= 4 is 32.8 Å². The van der Waals surface area contributed by atoms with Crippen LogP contribution in [0.1, 0.15) is 0 Å². The van der Waals surface area contributed by atoms with E-state index in [0.717, 1.165) is 44.1 Å². The fourth-order valence-electron chi connectivity index (χ4n) is 3.12. The molecule has 0 bridgehead atoms. The monoisotopic (exact) mass is 296 g/mol. The molecule has 0 unspecified atom stereocenters. The van der Waals surface area contributed by atoms with Crippen LogP contribution in [0, 0.1) is 0 Å². The van der Waals surface area contributed by atoms with Crippen molar-refractivity contribution < 1.29 is 4.42 Å². The van der Waals surface area contributed by atoms with E-state index < -0.39 is 0 Å². The molecule has 0 aliphatic heterocycles. The number of pyridine rings is 2. The van der Waals surface area contributed by atoms with E-state index >= 15 is 0 Å². The zero-order valence-electron chi connectivity index (χ0n) is 12.2.